The van der Waals surface area contributed by atoms with Crippen molar-refractivity contribution in [2.24, 2.45) is 5.92 Å². The van der Waals surface area contributed by atoms with Crippen molar-refractivity contribution in [3.63, 3.8) is 0 Å². The summed E-state index contributed by atoms with van der Waals surface area (Å²) in [7, 11) is 2.20. The molecule has 1 aromatic carbocycles. The summed E-state index contributed by atoms with van der Waals surface area (Å²) < 4.78 is 2.06. The number of benzene rings is 1. The van der Waals surface area contributed by atoms with E-state index in [0.717, 1.165) is 60.7 Å². The first kappa shape index (κ1) is 26.3. The molecule has 2 aliphatic rings. The number of nitrogens with zero attached hydrogens (tertiary/aromatic N) is 2. The fraction of sp³-hybridized carbons (Fsp3) is 0.538. The number of phenolic OH excluding ortho intramolecular Hbond substituents is 1. The fourth-order valence-electron chi connectivity index (χ4n) is 4.88. The number of nitrogens with one attached hydrogen (secondary N) is 1. The Morgan fingerprint density at radius 2 is 1.88 bits per heavy atom. The summed E-state index contributed by atoms with van der Waals surface area (Å²) in [5.74, 6) is 1.22. The first-order valence-corrected chi connectivity index (χ1v) is 13.5. The molecule has 4 rings (SSSR count). The maximum Gasteiger partial charge on any atom is 0.121 e. The summed E-state index contributed by atoms with van der Waals surface area (Å²) in [5, 5.41) is 13.2. The molecule has 33 heavy (non-hydrogen) atoms. The highest BCUT2D eigenvalue weighted by molar-refractivity contribution is 9.10. The predicted molar refractivity (Wildman–Crippen MR) is 141 cm³/mol. The van der Waals surface area contributed by atoms with E-state index in [-0.39, 0.29) is 0 Å². The van der Waals surface area contributed by atoms with E-state index >= 15 is 0 Å². The van der Waals surface area contributed by atoms with Gasteiger partial charge in [-0.05, 0) is 116 Å². The maximum atomic E-state index is 10.1. The van der Waals surface area contributed by atoms with Crippen LogP contribution in [-0.2, 0) is 17.6 Å². The monoisotopic (exact) mass is 579 g/mol. The van der Waals surface area contributed by atoms with Gasteiger partial charge in [0, 0.05) is 34.0 Å². The molecule has 5 nitrogen and oxygen atoms in total. The molecule has 2 aromatic rings. The lowest BCUT2D eigenvalue weighted by Gasteiger charge is -2.35. The molecular formula is C26H35Br2N3O2. The minimum absolute atomic E-state index is 0.296. The highest BCUT2D eigenvalue weighted by Crippen LogP contribution is 2.46. The molecule has 2 N–H and O–H groups in total. The van der Waals surface area contributed by atoms with Crippen molar-refractivity contribution in [2.75, 3.05) is 33.2 Å². The largest absolute Gasteiger partial charge is 0.508 e. The Morgan fingerprint density at radius 3 is 2.58 bits per heavy atom. The standard InChI is InChI=1S/C20H22Br2N2O.C6H13NO/c1-24-6-4-12(5-7-24)19-18-13(9-16(25)10-17(18)22)2-3-14-8-15(21)11-23-20(14)19;1-2-4-7-5-3-6-8/h8-12,19,25H,2-7H2,1H3;6-7H,2-5H2,1H3. The second kappa shape index (κ2) is 13.0. The molecule has 0 bridgehead atoms. The van der Waals surface area contributed by atoms with Crippen LogP contribution in [0.15, 0.2) is 33.3 Å². The molecule has 2 heterocycles. The summed E-state index contributed by atoms with van der Waals surface area (Å²) in [5.41, 5.74) is 5.15. The number of aryl methyl sites for hydroxylation is 2. The van der Waals surface area contributed by atoms with Crippen molar-refractivity contribution in [1.29, 1.82) is 0 Å². The van der Waals surface area contributed by atoms with E-state index in [1.165, 1.54) is 35.2 Å². The van der Waals surface area contributed by atoms with Gasteiger partial charge in [0.2, 0.25) is 0 Å². The van der Waals surface area contributed by atoms with Crippen molar-refractivity contribution in [3.05, 3.63) is 55.7 Å². The van der Waals surface area contributed by atoms with E-state index in [0.29, 0.717) is 24.0 Å². The van der Waals surface area contributed by atoms with Gasteiger partial charge in [-0.2, -0.15) is 0 Å². The van der Waals surface area contributed by atoms with Crippen LogP contribution in [-0.4, -0.2) is 54.5 Å². The minimum Gasteiger partial charge on any atom is -0.508 e. The van der Waals surface area contributed by atoms with Crippen LogP contribution in [0.4, 0.5) is 0 Å². The van der Waals surface area contributed by atoms with Crippen molar-refractivity contribution < 1.29 is 9.90 Å². The first-order chi connectivity index (χ1) is 15.9. The Bertz CT molecular complexity index is 930. The molecule has 1 saturated heterocycles. The number of carbonyl (C=O) groups is 1. The number of carbonyl (C=O) groups excluding carboxylic acids is 1. The highest BCUT2D eigenvalue weighted by Gasteiger charge is 2.35. The number of halogens is 2. The number of likely N-dealkylation sites (tertiary alicyclic amines) is 1. The molecule has 1 aromatic heterocycles. The molecule has 1 aliphatic carbocycles. The zero-order chi connectivity index (χ0) is 23.8. The molecule has 1 fully saturated rings. The van der Waals surface area contributed by atoms with Crippen LogP contribution in [0.5, 0.6) is 5.75 Å². The number of pyridine rings is 1. The summed E-state index contributed by atoms with van der Waals surface area (Å²) >= 11 is 7.33. The third kappa shape index (κ3) is 7.10. The molecule has 0 radical (unpaired) electrons. The van der Waals surface area contributed by atoms with Crippen LogP contribution in [0, 0.1) is 5.92 Å². The fourth-order valence-corrected chi connectivity index (χ4v) is 5.99. The first-order valence-electron chi connectivity index (χ1n) is 11.9. The van der Waals surface area contributed by atoms with Gasteiger partial charge in [-0.3, -0.25) is 4.98 Å². The van der Waals surface area contributed by atoms with Crippen LogP contribution in [0.25, 0.3) is 0 Å². The van der Waals surface area contributed by atoms with E-state index in [9.17, 15) is 9.90 Å². The lowest BCUT2D eigenvalue weighted by molar-refractivity contribution is -0.107. The minimum atomic E-state index is 0.296. The lowest BCUT2D eigenvalue weighted by Crippen LogP contribution is -2.33. The predicted octanol–water partition coefficient (Wildman–Crippen LogP) is 5.46. The Labute approximate surface area is 214 Å². The molecule has 0 saturated carbocycles. The van der Waals surface area contributed by atoms with E-state index < -0.39 is 0 Å². The third-order valence-electron chi connectivity index (χ3n) is 6.54. The summed E-state index contributed by atoms with van der Waals surface area (Å²) in [4.78, 5) is 17.0. The third-order valence-corrected chi connectivity index (χ3v) is 7.63. The zero-order valence-corrected chi connectivity index (χ0v) is 22.8. The van der Waals surface area contributed by atoms with Crippen LogP contribution in [0.1, 0.15) is 60.9 Å². The second-order valence-corrected chi connectivity index (χ2v) is 10.8. The van der Waals surface area contributed by atoms with Crippen LogP contribution in [0.3, 0.4) is 0 Å². The Morgan fingerprint density at radius 1 is 1.15 bits per heavy atom. The number of aldehydes is 1. The number of rotatable bonds is 6. The number of aromatic hydroxyl groups is 1. The van der Waals surface area contributed by atoms with Gasteiger partial charge >= 0.3 is 0 Å². The smallest absolute Gasteiger partial charge is 0.121 e. The molecule has 1 aliphatic heterocycles. The normalized spacial score (nSPS) is 18.5. The SMILES string of the molecule is CCCNCCC=O.CN1CCC(C2c3ncc(Br)cc3CCc3cc(O)cc(Br)c32)CC1. The number of fused-ring (bicyclic) bond motifs is 2. The van der Waals surface area contributed by atoms with Crippen LogP contribution < -0.4 is 5.32 Å². The molecule has 0 amide bonds. The Balaban J connectivity index is 0.000000331. The van der Waals surface area contributed by atoms with Gasteiger partial charge in [-0.1, -0.05) is 22.9 Å². The number of phenols is 1. The Kier molecular flexibility index (Phi) is 10.4. The summed E-state index contributed by atoms with van der Waals surface area (Å²) in [6.45, 7) is 6.23. The summed E-state index contributed by atoms with van der Waals surface area (Å²) in [6, 6.07) is 6.01. The Hall–Kier alpha value is -1.28. The molecular weight excluding hydrogens is 546 g/mol. The van der Waals surface area contributed by atoms with Gasteiger partial charge < -0.3 is 20.1 Å². The highest BCUT2D eigenvalue weighted by atomic mass is 79.9. The van der Waals surface area contributed by atoms with Gasteiger partial charge in [-0.25, -0.2) is 0 Å². The second-order valence-electron chi connectivity index (χ2n) is 9.02. The number of piperidine rings is 1. The average molecular weight is 581 g/mol. The van der Waals surface area contributed by atoms with Crippen molar-refractivity contribution in [3.8, 4) is 5.75 Å². The van der Waals surface area contributed by atoms with Crippen molar-refractivity contribution >= 4 is 38.1 Å². The lowest BCUT2D eigenvalue weighted by atomic mass is 9.76. The molecule has 1 unspecified atom stereocenters. The summed E-state index contributed by atoms with van der Waals surface area (Å²) in [6.07, 6.45) is 8.92. The number of hydrogen-bond acceptors (Lipinski definition) is 5. The molecule has 1 atom stereocenters. The van der Waals surface area contributed by atoms with Crippen LogP contribution >= 0.6 is 31.9 Å². The maximum absolute atomic E-state index is 10.1. The van der Waals surface area contributed by atoms with Crippen molar-refractivity contribution in [1.82, 2.24) is 15.2 Å². The van der Waals surface area contributed by atoms with E-state index in [1.54, 1.807) is 0 Å². The number of hydrogen-bond donors (Lipinski definition) is 2. The van der Waals surface area contributed by atoms with E-state index in [1.807, 2.05) is 18.3 Å². The van der Waals surface area contributed by atoms with Gasteiger partial charge in [0.25, 0.3) is 0 Å². The quantitative estimate of drug-likeness (QED) is 0.351. The van der Waals surface area contributed by atoms with Gasteiger partial charge in [0.1, 0.15) is 12.0 Å². The average Bonchev–Trinajstić information content (AvgIpc) is 2.95. The van der Waals surface area contributed by atoms with E-state index in [4.69, 9.17) is 4.98 Å². The molecule has 7 heteroatoms. The molecule has 180 valence electrons. The van der Waals surface area contributed by atoms with Crippen molar-refractivity contribution in [2.45, 2.75) is 51.4 Å². The van der Waals surface area contributed by atoms with Crippen LogP contribution in [0.2, 0.25) is 0 Å². The van der Waals surface area contributed by atoms with Gasteiger partial charge in [0.05, 0.1) is 5.69 Å². The number of aromatic nitrogens is 1. The zero-order valence-electron chi connectivity index (χ0n) is 19.6. The van der Waals surface area contributed by atoms with E-state index in [2.05, 4.69) is 62.1 Å². The topological polar surface area (TPSA) is 65.5 Å². The van der Waals surface area contributed by atoms with Gasteiger partial charge in [-0.15, -0.1) is 0 Å². The van der Waals surface area contributed by atoms with Gasteiger partial charge in [0.15, 0.2) is 0 Å². The molecule has 0 spiro atoms.